The minimum atomic E-state index is -0.161. The fraction of sp³-hybridized carbons (Fsp3) is 0.385. The van der Waals surface area contributed by atoms with Crippen molar-refractivity contribution in [1.82, 2.24) is 4.57 Å². The van der Waals surface area contributed by atoms with Gasteiger partial charge in [0, 0.05) is 24.7 Å². The number of fused-ring (bicyclic) bond motifs is 1. The van der Waals surface area contributed by atoms with Gasteiger partial charge in [0.1, 0.15) is 5.82 Å². The summed E-state index contributed by atoms with van der Waals surface area (Å²) in [5, 5.41) is 0.679. The molecule has 3 heteroatoms. The fourth-order valence-corrected chi connectivity index (χ4v) is 1.79. The van der Waals surface area contributed by atoms with E-state index < -0.39 is 0 Å². The van der Waals surface area contributed by atoms with Crippen molar-refractivity contribution in [2.75, 3.05) is 13.2 Å². The lowest BCUT2D eigenvalue weighted by Gasteiger charge is -2.06. The molecule has 2 rings (SSSR count). The van der Waals surface area contributed by atoms with Crippen LogP contribution >= 0.6 is 0 Å². The van der Waals surface area contributed by atoms with Gasteiger partial charge in [-0.25, -0.2) is 4.39 Å². The highest BCUT2D eigenvalue weighted by Gasteiger charge is 2.04. The van der Waals surface area contributed by atoms with Crippen LogP contribution in [0.5, 0.6) is 0 Å². The van der Waals surface area contributed by atoms with Crippen LogP contribution in [-0.2, 0) is 11.3 Å². The first-order chi connectivity index (χ1) is 7.83. The zero-order chi connectivity index (χ0) is 11.4. The molecule has 0 spiro atoms. The average Bonchev–Trinajstić information content (AvgIpc) is 2.70. The van der Waals surface area contributed by atoms with E-state index in [1.165, 1.54) is 6.07 Å². The standard InChI is InChI=1S/C13H16FNO/c1-2-9-16-10-8-15-7-6-11-12(14)4-3-5-13(11)15/h3-7H,2,8-10H2,1H3. The summed E-state index contributed by atoms with van der Waals surface area (Å²) in [5.74, 6) is -0.161. The van der Waals surface area contributed by atoms with Gasteiger partial charge in [-0.3, -0.25) is 0 Å². The second kappa shape index (κ2) is 5.12. The molecule has 0 fully saturated rings. The minimum Gasteiger partial charge on any atom is -0.380 e. The van der Waals surface area contributed by atoms with E-state index in [1.54, 1.807) is 6.07 Å². The van der Waals surface area contributed by atoms with Crippen molar-refractivity contribution in [3.63, 3.8) is 0 Å². The molecule has 0 saturated heterocycles. The summed E-state index contributed by atoms with van der Waals surface area (Å²) in [5.41, 5.74) is 0.931. The predicted octanol–water partition coefficient (Wildman–Crippen LogP) is 3.21. The predicted molar refractivity (Wildman–Crippen MR) is 63.0 cm³/mol. The minimum absolute atomic E-state index is 0.161. The lowest BCUT2D eigenvalue weighted by molar-refractivity contribution is 0.127. The molecule has 0 aliphatic heterocycles. The van der Waals surface area contributed by atoms with Gasteiger partial charge in [-0.1, -0.05) is 13.0 Å². The summed E-state index contributed by atoms with van der Waals surface area (Å²) >= 11 is 0. The summed E-state index contributed by atoms with van der Waals surface area (Å²) in [6.07, 6.45) is 2.93. The smallest absolute Gasteiger partial charge is 0.132 e. The van der Waals surface area contributed by atoms with Gasteiger partial charge in [0.2, 0.25) is 0 Å². The zero-order valence-corrected chi connectivity index (χ0v) is 9.45. The number of aromatic nitrogens is 1. The number of ether oxygens (including phenoxy) is 1. The normalized spacial score (nSPS) is 11.1. The summed E-state index contributed by atoms with van der Waals surface area (Å²) in [6, 6.07) is 6.96. The van der Waals surface area contributed by atoms with Crippen LogP contribution in [0.1, 0.15) is 13.3 Å². The Morgan fingerprint density at radius 3 is 2.94 bits per heavy atom. The lowest BCUT2D eigenvalue weighted by atomic mass is 10.2. The molecule has 0 unspecified atom stereocenters. The Labute approximate surface area is 94.6 Å². The van der Waals surface area contributed by atoms with Crippen molar-refractivity contribution in [3.05, 3.63) is 36.3 Å². The van der Waals surface area contributed by atoms with Crippen molar-refractivity contribution in [2.24, 2.45) is 0 Å². The molecule has 86 valence electrons. The molecule has 0 N–H and O–H groups in total. The quantitative estimate of drug-likeness (QED) is 0.707. The van der Waals surface area contributed by atoms with Gasteiger partial charge < -0.3 is 9.30 Å². The van der Waals surface area contributed by atoms with Crippen molar-refractivity contribution >= 4 is 10.9 Å². The van der Waals surface area contributed by atoms with Crippen LogP contribution in [0.15, 0.2) is 30.5 Å². The monoisotopic (exact) mass is 221 g/mol. The van der Waals surface area contributed by atoms with E-state index in [2.05, 4.69) is 6.92 Å². The molecule has 2 aromatic rings. The number of nitrogens with zero attached hydrogens (tertiary/aromatic N) is 1. The van der Waals surface area contributed by atoms with E-state index in [0.717, 1.165) is 25.1 Å². The number of halogens is 1. The van der Waals surface area contributed by atoms with E-state index in [1.807, 2.05) is 22.9 Å². The van der Waals surface area contributed by atoms with Crippen molar-refractivity contribution in [1.29, 1.82) is 0 Å². The van der Waals surface area contributed by atoms with Gasteiger partial charge in [0.05, 0.1) is 12.1 Å². The van der Waals surface area contributed by atoms with Crippen molar-refractivity contribution in [3.8, 4) is 0 Å². The molecule has 1 aromatic carbocycles. The second-order valence-electron chi connectivity index (χ2n) is 3.79. The third-order valence-corrected chi connectivity index (χ3v) is 2.59. The number of rotatable bonds is 5. The third kappa shape index (κ3) is 2.25. The largest absolute Gasteiger partial charge is 0.380 e. The number of benzene rings is 1. The highest BCUT2D eigenvalue weighted by Crippen LogP contribution is 2.18. The molecule has 0 atom stereocenters. The maximum Gasteiger partial charge on any atom is 0.132 e. The molecule has 1 heterocycles. The molecule has 0 aliphatic carbocycles. The molecule has 0 bridgehead atoms. The van der Waals surface area contributed by atoms with Crippen molar-refractivity contribution in [2.45, 2.75) is 19.9 Å². The van der Waals surface area contributed by atoms with Gasteiger partial charge in [0.25, 0.3) is 0 Å². The van der Waals surface area contributed by atoms with Gasteiger partial charge in [-0.05, 0) is 24.6 Å². The van der Waals surface area contributed by atoms with E-state index >= 15 is 0 Å². The first kappa shape index (κ1) is 11.1. The molecule has 0 radical (unpaired) electrons. The van der Waals surface area contributed by atoms with Crippen LogP contribution in [0.25, 0.3) is 10.9 Å². The van der Waals surface area contributed by atoms with Gasteiger partial charge in [-0.15, -0.1) is 0 Å². The van der Waals surface area contributed by atoms with Crippen LogP contribution in [0, 0.1) is 5.82 Å². The maximum atomic E-state index is 13.4. The van der Waals surface area contributed by atoms with Crippen LogP contribution in [-0.4, -0.2) is 17.8 Å². The summed E-state index contributed by atoms with van der Waals surface area (Å²) in [4.78, 5) is 0. The zero-order valence-electron chi connectivity index (χ0n) is 9.45. The van der Waals surface area contributed by atoms with E-state index in [9.17, 15) is 4.39 Å². The third-order valence-electron chi connectivity index (χ3n) is 2.59. The topological polar surface area (TPSA) is 14.2 Å². The first-order valence-electron chi connectivity index (χ1n) is 5.64. The van der Waals surface area contributed by atoms with Crippen molar-refractivity contribution < 1.29 is 9.13 Å². The maximum absolute atomic E-state index is 13.4. The van der Waals surface area contributed by atoms with Gasteiger partial charge in [0.15, 0.2) is 0 Å². The van der Waals surface area contributed by atoms with Crippen LogP contribution in [0.3, 0.4) is 0 Å². The first-order valence-corrected chi connectivity index (χ1v) is 5.64. The Kier molecular flexibility index (Phi) is 3.57. The molecule has 1 aromatic heterocycles. The number of hydrogen-bond donors (Lipinski definition) is 0. The summed E-state index contributed by atoms with van der Waals surface area (Å²) < 4.78 is 20.8. The van der Waals surface area contributed by atoms with Crippen LogP contribution < -0.4 is 0 Å². The second-order valence-corrected chi connectivity index (χ2v) is 3.79. The highest BCUT2D eigenvalue weighted by atomic mass is 19.1. The highest BCUT2D eigenvalue weighted by molar-refractivity contribution is 5.80. The SMILES string of the molecule is CCCOCCn1ccc2c(F)cccc21. The Bertz CT molecular complexity index is 464. The number of hydrogen-bond acceptors (Lipinski definition) is 1. The average molecular weight is 221 g/mol. The molecule has 0 saturated carbocycles. The Balaban J connectivity index is 2.10. The van der Waals surface area contributed by atoms with Crippen LogP contribution in [0.2, 0.25) is 0 Å². The fourth-order valence-electron chi connectivity index (χ4n) is 1.79. The Morgan fingerprint density at radius 1 is 1.25 bits per heavy atom. The van der Waals surface area contributed by atoms with E-state index in [-0.39, 0.29) is 5.82 Å². The molecular formula is C13H16FNO. The molecule has 0 aliphatic rings. The summed E-state index contributed by atoms with van der Waals surface area (Å²) in [7, 11) is 0. The van der Waals surface area contributed by atoms with Crippen LogP contribution in [0.4, 0.5) is 4.39 Å². The van der Waals surface area contributed by atoms with E-state index in [0.29, 0.717) is 12.0 Å². The molecular weight excluding hydrogens is 205 g/mol. The molecule has 16 heavy (non-hydrogen) atoms. The Hall–Kier alpha value is -1.35. The Morgan fingerprint density at radius 2 is 2.12 bits per heavy atom. The molecule has 2 nitrogen and oxygen atoms in total. The van der Waals surface area contributed by atoms with E-state index in [4.69, 9.17) is 4.74 Å². The summed E-state index contributed by atoms with van der Waals surface area (Å²) in [6.45, 7) is 4.31. The molecule has 0 amide bonds. The van der Waals surface area contributed by atoms with Gasteiger partial charge >= 0.3 is 0 Å². The lowest BCUT2D eigenvalue weighted by Crippen LogP contribution is -2.05. The van der Waals surface area contributed by atoms with Gasteiger partial charge in [-0.2, -0.15) is 0 Å².